The zero-order valence-corrected chi connectivity index (χ0v) is 8.73. The number of benzene rings is 1. The molecule has 0 aliphatic rings. The summed E-state index contributed by atoms with van der Waals surface area (Å²) in [5.74, 6) is -1.82. The second-order valence-corrected chi connectivity index (χ2v) is 3.11. The first kappa shape index (κ1) is 14.1. The highest BCUT2D eigenvalue weighted by molar-refractivity contribution is 5.82. The third kappa shape index (κ3) is 3.26. The van der Waals surface area contributed by atoms with E-state index >= 15 is 0 Å². The third-order valence-corrected chi connectivity index (χ3v) is 2.02. The third-order valence-electron chi connectivity index (χ3n) is 2.02. The number of hydrogen-bond donors (Lipinski definition) is 0. The maximum absolute atomic E-state index is 13.0. The molecule has 0 saturated heterocycles. The maximum atomic E-state index is 13.0. The predicted octanol–water partition coefficient (Wildman–Crippen LogP) is 5.31. The van der Waals surface area contributed by atoms with Crippen LogP contribution in [-0.2, 0) is 0 Å². The lowest BCUT2D eigenvalue weighted by atomic mass is 10.00. The van der Waals surface area contributed by atoms with Crippen molar-refractivity contribution in [2.45, 2.75) is 0 Å². The number of hydrogen-bond acceptors (Lipinski definition) is 0. The zero-order chi connectivity index (χ0) is 13.7. The lowest BCUT2D eigenvalue weighted by Gasteiger charge is -2.07. The smallest absolute Gasteiger partial charge is 0.212 e. The van der Waals surface area contributed by atoms with Gasteiger partial charge in [0.1, 0.15) is 6.33 Å². The van der Waals surface area contributed by atoms with Gasteiger partial charge in [0.05, 0.1) is 5.57 Å². The van der Waals surface area contributed by atoms with Gasteiger partial charge in [0.25, 0.3) is 12.2 Å². The highest BCUT2D eigenvalue weighted by atomic mass is 19.3. The van der Waals surface area contributed by atoms with Crippen LogP contribution < -0.4 is 0 Å². The maximum Gasteiger partial charge on any atom is 0.281 e. The Bertz CT molecular complexity index is 519. The van der Waals surface area contributed by atoms with E-state index in [0.29, 0.717) is 6.08 Å². The summed E-state index contributed by atoms with van der Waals surface area (Å²) in [5, 5.41) is 0. The SMILES string of the molecule is FC=C(F)C(=C(F)F)c1ccccc1C=C(F)F. The van der Waals surface area contributed by atoms with Gasteiger partial charge < -0.3 is 0 Å². The summed E-state index contributed by atoms with van der Waals surface area (Å²) in [5.41, 5.74) is -2.19. The molecule has 6 heteroatoms. The van der Waals surface area contributed by atoms with Crippen LogP contribution in [0.5, 0.6) is 0 Å². The Hall–Kier alpha value is -1.98. The minimum atomic E-state index is -2.50. The van der Waals surface area contributed by atoms with E-state index in [1.807, 2.05) is 0 Å². The van der Waals surface area contributed by atoms with Crippen molar-refractivity contribution in [1.29, 1.82) is 0 Å². The molecule has 0 bridgehead atoms. The van der Waals surface area contributed by atoms with Crippen LogP contribution in [0.1, 0.15) is 11.1 Å². The summed E-state index contributed by atoms with van der Waals surface area (Å²) in [6, 6.07) is 4.63. The molecule has 0 heterocycles. The molecule has 0 fully saturated rings. The van der Waals surface area contributed by atoms with Crippen molar-refractivity contribution in [3.05, 3.63) is 59.7 Å². The molecule has 0 atom stereocenters. The Labute approximate surface area is 98.5 Å². The molecule has 18 heavy (non-hydrogen) atoms. The quantitative estimate of drug-likeness (QED) is 0.512. The van der Waals surface area contributed by atoms with Crippen LogP contribution in [0.15, 0.2) is 48.6 Å². The van der Waals surface area contributed by atoms with Gasteiger partial charge in [-0.05, 0) is 11.1 Å². The second kappa shape index (κ2) is 6.09. The van der Waals surface area contributed by atoms with E-state index in [-0.39, 0.29) is 5.56 Å². The largest absolute Gasteiger partial charge is 0.281 e. The molecule has 1 rings (SSSR count). The van der Waals surface area contributed by atoms with Crippen molar-refractivity contribution in [3.63, 3.8) is 0 Å². The van der Waals surface area contributed by atoms with Gasteiger partial charge in [-0.2, -0.15) is 17.6 Å². The fourth-order valence-electron chi connectivity index (χ4n) is 1.34. The van der Waals surface area contributed by atoms with Gasteiger partial charge in [-0.1, -0.05) is 24.3 Å². The van der Waals surface area contributed by atoms with Gasteiger partial charge in [0.15, 0.2) is 5.83 Å². The lowest BCUT2D eigenvalue weighted by molar-refractivity contribution is 0.421. The van der Waals surface area contributed by atoms with E-state index < -0.39 is 35.5 Å². The molecule has 1 aromatic carbocycles. The van der Waals surface area contributed by atoms with Crippen LogP contribution in [0.25, 0.3) is 11.6 Å². The minimum absolute atomic E-state index is 0.295. The van der Waals surface area contributed by atoms with Crippen LogP contribution in [0, 0.1) is 0 Å². The van der Waals surface area contributed by atoms with Gasteiger partial charge in [-0.15, -0.1) is 0 Å². The van der Waals surface area contributed by atoms with Crippen molar-refractivity contribution >= 4 is 11.6 Å². The van der Waals surface area contributed by atoms with Crippen molar-refractivity contribution < 1.29 is 26.3 Å². The summed E-state index contributed by atoms with van der Waals surface area (Å²) < 4.78 is 74.4. The van der Waals surface area contributed by atoms with Crippen molar-refractivity contribution in [3.8, 4) is 0 Å². The highest BCUT2D eigenvalue weighted by Gasteiger charge is 2.18. The molecule has 0 amide bonds. The molecule has 0 aromatic heterocycles. The Morgan fingerprint density at radius 3 is 2.06 bits per heavy atom. The molecule has 96 valence electrons. The van der Waals surface area contributed by atoms with Crippen LogP contribution in [0.4, 0.5) is 26.3 Å². The first-order valence-electron chi connectivity index (χ1n) is 4.61. The average molecular weight is 264 g/mol. The van der Waals surface area contributed by atoms with Crippen molar-refractivity contribution in [2.75, 3.05) is 0 Å². The summed E-state index contributed by atoms with van der Waals surface area (Å²) >= 11 is 0. The summed E-state index contributed by atoms with van der Waals surface area (Å²) in [7, 11) is 0. The minimum Gasteiger partial charge on any atom is -0.212 e. The molecule has 1 aromatic rings. The molecule has 0 aliphatic carbocycles. The van der Waals surface area contributed by atoms with E-state index in [1.54, 1.807) is 0 Å². The molecular weight excluding hydrogens is 258 g/mol. The normalized spacial score (nSPS) is 11.1. The van der Waals surface area contributed by atoms with Gasteiger partial charge in [0.2, 0.25) is 0 Å². The molecule has 0 nitrogen and oxygen atoms in total. The molecular formula is C12H6F6. The van der Waals surface area contributed by atoms with Gasteiger partial charge in [-0.3, -0.25) is 0 Å². The Balaban J connectivity index is 3.49. The molecule has 0 spiro atoms. The van der Waals surface area contributed by atoms with Crippen molar-refractivity contribution in [2.24, 2.45) is 0 Å². The molecule has 0 aliphatic heterocycles. The zero-order valence-electron chi connectivity index (χ0n) is 8.73. The van der Waals surface area contributed by atoms with Gasteiger partial charge in [0, 0.05) is 6.08 Å². The first-order chi connectivity index (χ1) is 8.47. The monoisotopic (exact) mass is 264 g/mol. The second-order valence-electron chi connectivity index (χ2n) is 3.11. The lowest BCUT2D eigenvalue weighted by Crippen LogP contribution is -1.91. The number of rotatable bonds is 3. The standard InChI is InChI=1S/C12H6F6/c13-6-9(14)11(12(17)18)8-4-2-1-3-7(8)5-10(15)16/h1-6H. The summed E-state index contributed by atoms with van der Waals surface area (Å²) in [6.07, 6.45) is -4.99. The van der Waals surface area contributed by atoms with Gasteiger partial charge in [-0.25, -0.2) is 8.78 Å². The van der Waals surface area contributed by atoms with Crippen LogP contribution in [0.3, 0.4) is 0 Å². The van der Waals surface area contributed by atoms with E-state index in [2.05, 4.69) is 0 Å². The Kier molecular flexibility index (Phi) is 4.76. The van der Waals surface area contributed by atoms with E-state index in [9.17, 15) is 26.3 Å². The highest BCUT2D eigenvalue weighted by Crippen LogP contribution is 2.32. The van der Waals surface area contributed by atoms with E-state index in [1.165, 1.54) is 12.1 Å². The molecule has 0 radical (unpaired) electrons. The first-order valence-corrected chi connectivity index (χ1v) is 4.61. The van der Waals surface area contributed by atoms with Crippen LogP contribution >= 0.6 is 0 Å². The van der Waals surface area contributed by atoms with E-state index in [0.717, 1.165) is 12.1 Å². The molecule has 0 saturated carbocycles. The Morgan fingerprint density at radius 2 is 1.56 bits per heavy atom. The fraction of sp³-hybridized carbons (Fsp3) is 0. The summed E-state index contributed by atoms with van der Waals surface area (Å²) in [4.78, 5) is 0. The number of allylic oxidation sites excluding steroid dienone is 2. The topological polar surface area (TPSA) is 0 Å². The van der Waals surface area contributed by atoms with Crippen LogP contribution in [0.2, 0.25) is 0 Å². The molecule has 0 unspecified atom stereocenters. The van der Waals surface area contributed by atoms with E-state index in [4.69, 9.17) is 0 Å². The van der Waals surface area contributed by atoms with Crippen LogP contribution in [-0.4, -0.2) is 0 Å². The molecule has 0 N–H and O–H groups in total. The predicted molar refractivity (Wildman–Crippen MR) is 56.1 cm³/mol. The van der Waals surface area contributed by atoms with Crippen molar-refractivity contribution in [1.82, 2.24) is 0 Å². The summed E-state index contributed by atoms with van der Waals surface area (Å²) in [6.45, 7) is 0. The number of halogens is 6. The average Bonchev–Trinajstić information content (AvgIpc) is 2.30. The van der Waals surface area contributed by atoms with Gasteiger partial charge >= 0.3 is 0 Å². The fourth-order valence-corrected chi connectivity index (χ4v) is 1.34. The Morgan fingerprint density at radius 1 is 0.944 bits per heavy atom.